The van der Waals surface area contributed by atoms with Gasteiger partial charge in [-0.2, -0.15) is 5.10 Å². The largest absolute Gasteiger partial charge is 0.496 e. The van der Waals surface area contributed by atoms with Crippen molar-refractivity contribution in [2.24, 2.45) is 5.10 Å². The summed E-state index contributed by atoms with van der Waals surface area (Å²) in [5.74, 6) is 1.45. The lowest BCUT2D eigenvalue weighted by Crippen LogP contribution is -2.26. The lowest BCUT2D eigenvalue weighted by atomic mass is 10.0. The predicted octanol–water partition coefficient (Wildman–Crippen LogP) is 4.05. The number of rotatable bonds is 7. The first-order valence-electron chi connectivity index (χ1n) is 8.62. The van der Waals surface area contributed by atoms with Crippen molar-refractivity contribution >= 4 is 11.6 Å². The zero-order valence-corrected chi connectivity index (χ0v) is 16.0. The first-order valence-corrected chi connectivity index (χ1v) is 8.62. The van der Waals surface area contributed by atoms with Gasteiger partial charge >= 0.3 is 0 Å². The number of nitrogens with zero attached hydrogens (tertiary/aromatic N) is 1. The minimum Gasteiger partial charge on any atom is -0.496 e. The Morgan fingerprint density at radius 1 is 1.15 bits per heavy atom. The van der Waals surface area contributed by atoms with E-state index in [0.29, 0.717) is 17.4 Å². The molecule has 26 heavy (non-hydrogen) atoms. The highest BCUT2D eigenvalue weighted by molar-refractivity contribution is 6.01. The van der Waals surface area contributed by atoms with Gasteiger partial charge in [-0.15, -0.1) is 0 Å². The number of carbonyl (C=O) groups excluding carboxylic acids is 1. The van der Waals surface area contributed by atoms with E-state index < -0.39 is 0 Å². The molecule has 0 aliphatic carbocycles. The second-order valence-electron chi connectivity index (χ2n) is 6.42. The molecule has 2 aromatic carbocycles. The molecule has 0 saturated carbocycles. The summed E-state index contributed by atoms with van der Waals surface area (Å²) in [5.41, 5.74) is 6.20. The van der Waals surface area contributed by atoms with Crippen molar-refractivity contribution in [2.75, 3.05) is 13.7 Å². The minimum atomic E-state index is -0.310. The number of hydrazone groups is 1. The third kappa shape index (κ3) is 5.09. The number of amides is 1. The van der Waals surface area contributed by atoms with Gasteiger partial charge in [0.05, 0.1) is 12.8 Å². The van der Waals surface area contributed by atoms with Crippen molar-refractivity contribution in [1.82, 2.24) is 5.43 Å². The van der Waals surface area contributed by atoms with E-state index in [1.165, 1.54) is 0 Å². The van der Waals surface area contributed by atoms with Gasteiger partial charge in [-0.1, -0.05) is 38.1 Å². The summed E-state index contributed by atoms with van der Waals surface area (Å²) in [6.45, 7) is 7.91. The topological polar surface area (TPSA) is 59.9 Å². The molecule has 0 heterocycles. The lowest BCUT2D eigenvalue weighted by Gasteiger charge is -2.14. The molecule has 0 bridgehead atoms. The van der Waals surface area contributed by atoms with Crippen LogP contribution >= 0.6 is 0 Å². The minimum absolute atomic E-state index is 0.0914. The maximum absolute atomic E-state index is 12.1. The van der Waals surface area contributed by atoms with Crippen molar-refractivity contribution in [3.8, 4) is 11.5 Å². The summed E-state index contributed by atoms with van der Waals surface area (Å²) < 4.78 is 11.0. The van der Waals surface area contributed by atoms with E-state index in [4.69, 9.17) is 9.47 Å². The zero-order chi connectivity index (χ0) is 19.1. The van der Waals surface area contributed by atoms with E-state index in [2.05, 4.69) is 24.4 Å². The molecule has 0 saturated heterocycles. The molecular formula is C21H26N2O3. The Labute approximate surface area is 155 Å². The highest BCUT2D eigenvalue weighted by Gasteiger charge is 2.11. The van der Waals surface area contributed by atoms with Gasteiger partial charge in [0.25, 0.3) is 5.91 Å². The normalized spacial score (nSPS) is 11.4. The first kappa shape index (κ1) is 19.5. The third-order valence-electron chi connectivity index (χ3n) is 3.99. The van der Waals surface area contributed by atoms with E-state index in [-0.39, 0.29) is 12.5 Å². The van der Waals surface area contributed by atoms with E-state index in [0.717, 1.165) is 22.4 Å². The molecule has 1 amide bonds. The van der Waals surface area contributed by atoms with Crippen LogP contribution in [0.1, 0.15) is 43.4 Å². The fourth-order valence-electron chi connectivity index (χ4n) is 2.57. The molecule has 0 aliphatic rings. The summed E-state index contributed by atoms with van der Waals surface area (Å²) in [7, 11) is 1.60. The van der Waals surface area contributed by atoms with Gasteiger partial charge in [0.2, 0.25) is 0 Å². The number of benzene rings is 2. The molecule has 0 fully saturated rings. The lowest BCUT2D eigenvalue weighted by molar-refractivity contribution is -0.123. The maximum atomic E-state index is 12.1. The van der Waals surface area contributed by atoms with Crippen LogP contribution in [0.2, 0.25) is 0 Å². The fourth-order valence-corrected chi connectivity index (χ4v) is 2.57. The number of hydrogen-bond donors (Lipinski definition) is 1. The summed E-state index contributed by atoms with van der Waals surface area (Å²) in [5, 5.41) is 4.15. The molecule has 0 atom stereocenters. The van der Waals surface area contributed by atoms with E-state index >= 15 is 0 Å². The van der Waals surface area contributed by atoms with Crippen LogP contribution in [-0.2, 0) is 4.79 Å². The van der Waals surface area contributed by atoms with E-state index in [1.54, 1.807) is 7.11 Å². The van der Waals surface area contributed by atoms with Crippen LogP contribution in [0.15, 0.2) is 47.6 Å². The zero-order valence-electron chi connectivity index (χ0n) is 16.0. The summed E-state index contributed by atoms with van der Waals surface area (Å²) in [6, 6.07) is 13.6. The Hall–Kier alpha value is -2.82. The first-order chi connectivity index (χ1) is 12.4. The Morgan fingerprint density at radius 2 is 1.88 bits per heavy atom. The molecule has 0 radical (unpaired) electrons. The molecule has 0 spiro atoms. The molecule has 0 unspecified atom stereocenters. The molecule has 1 N–H and O–H groups in total. The van der Waals surface area contributed by atoms with Crippen LogP contribution in [0, 0.1) is 6.92 Å². The number of hydrogen-bond acceptors (Lipinski definition) is 4. The van der Waals surface area contributed by atoms with E-state index in [1.807, 2.05) is 56.3 Å². The van der Waals surface area contributed by atoms with Crippen molar-refractivity contribution in [3.63, 3.8) is 0 Å². The molecule has 0 aliphatic heterocycles. The summed E-state index contributed by atoms with van der Waals surface area (Å²) >= 11 is 0. The highest BCUT2D eigenvalue weighted by atomic mass is 16.5. The number of carbonyl (C=O) groups is 1. The van der Waals surface area contributed by atoms with Gasteiger partial charge in [-0.25, -0.2) is 5.43 Å². The van der Waals surface area contributed by atoms with Crippen molar-refractivity contribution in [1.29, 1.82) is 0 Å². The smallest absolute Gasteiger partial charge is 0.277 e. The quantitative estimate of drug-likeness (QED) is 0.603. The van der Waals surface area contributed by atoms with Gasteiger partial charge in [-0.3, -0.25) is 4.79 Å². The number of nitrogens with one attached hydrogen (secondary N) is 1. The maximum Gasteiger partial charge on any atom is 0.277 e. The molecule has 2 rings (SSSR count). The van der Waals surface area contributed by atoms with Gasteiger partial charge in [0.15, 0.2) is 6.61 Å². The average Bonchev–Trinajstić information content (AvgIpc) is 2.64. The van der Waals surface area contributed by atoms with Crippen molar-refractivity contribution in [3.05, 3.63) is 59.2 Å². The van der Waals surface area contributed by atoms with Gasteiger partial charge in [-0.05, 0) is 49.1 Å². The molecule has 5 nitrogen and oxygen atoms in total. The Kier molecular flexibility index (Phi) is 6.78. The summed E-state index contributed by atoms with van der Waals surface area (Å²) in [6.07, 6.45) is 0. The van der Waals surface area contributed by atoms with Gasteiger partial charge < -0.3 is 9.47 Å². The molecule has 0 aromatic heterocycles. The van der Waals surface area contributed by atoms with Crippen LogP contribution < -0.4 is 14.9 Å². The van der Waals surface area contributed by atoms with Crippen LogP contribution in [0.4, 0.5) is 0 Å². The monoisotopic (exact) mass is 354 g/mol. The number of methoxy groups -OCH3 is 1. The second kappa shape index (κ2) is 9.04. The van der Waals surface area contributed by atoms with Crippen molar-refractivity contribution < 1.29 is 14.3 Å². The molecule has 138 valence electrons. The molecular weight excluding hydrogens is 328 g/mol. The number of ether oxygens (including phenoxy) is 2. The SMILES string of the molecule is COc1ccccc1/C(C)=N\NC(=O)COc1cc(C)ccc1C(C)C. The standard InChI is InChI=1S/C21H26N2O3/c1-14(2)17-11-10-15(3)12-20(17)26-13-21(24)23-22-16(4)18-8-6-7-9-19(18)25-5/h6-12,14H,13H2,1-5H3,(H,23,24)/b22-16-. The second-order valence-corrected chi connectivity index (χ2v) is 6.42. The van der Waals surface area contributed by atoms with Gasteiger partial charge in [0, 0.05) is 5.56 Å². The highest BCUT2D eigenvalue weighted by Crippen LogP contribution is 2.27. The third-order valence-corrected chi connectivity index (χ3v) is 3.99. The van der Waals surface area contributed by atoms with Crippen LogP contribution in [0.25, 0.3) is 0 Å². The van der Waals surface area contributed by atoms with E-state index in [9.17, 15) is 4.79 Å². The van der Waals surface area contributed by atoms with Crippen molar-refractivity contribution in [2.45, 2.75) is 33.6 Å². The number of para-hydroxylation sites is 1. The Balaban J connectivity index is 2.00. The molecule has 5 heteroatoms. The van der Waals surface area contributed by atoms with Gasteiger partial charge in [0.1, 0.15) is 11.5 Å². The Bertz CT molecular complexity index is 798. The van der Waals surface area contributed by atoms with Crippen LogP contribution in [-0.4, -0.2) is 25.3 Å². The molecule has 2 aromatic rings. The Morgan fingerprint density at radius 3 is 2.58 bits per heavy atom. The van der Waals surface area contributed by atoms with Crippen LogP contribution in [0.5, 0.6) is 11.5 Å². The van der Waals surface area contributed by atoms with Crippen LogP contribution in [0.3, 0.4) is 0 Å². The predicted molar refractivity (Wildman–Crippen MR) is 104 cm³/mol. The fraction of sp³-hybridized carbons (Fsp3) is 0.333. The average molecular weight is 354 g/mol. The summed E-state index contributed by atoms with van der Waals surface area (Å²) in [4.78, 5) is 12.1. The number of aryl methyl sites for hydroxylation is 1.